The second kappa shape index (κ2) is 8.43. The number of carbonyl (C=O) groups excluding carboxylic acids is 1. The molecule has 160 valence electrons. The lowest BCUT2D eigenvalue weighted by molar-refractivity contribution is -0.112. The van der Waals surface area contributed by atoms with Crippen molar-refractivity contribution in [2.75, 3.05) is 6.61 Å². The normalized spacial score (nSPS) is 20.1. The summed E-state index contributed by atoms with van der Waals surface area (Å²) in [5.74, 6) is 0.149. The number of hydrogen-bond donors (Lipinski definition) is 0. The Labute approximate surface area is 177 Å². The number of pyridine rings is 1. The van der Waals surface area contributed by atoms with Crippen LogP contribution in [0.1, 0.15) is 31.7 Å². The van der Waals surface area contributed by atoms with Gasteiger partial charge in [0.05, 0.1) is 17.2 Å². The summed E-state index contributed by atoms with van der Waals surface area (Å²) in [6.45, 7) is 8.21. The minimum absolute atomic E-state index is 0.149. The number of aromatic nitrogens is 4. The van der Waals surface area contributed by atoms with Crippen molar-refractivity contribution < 1.29 is 9.53 Å². The van der Waals surface area contributed by atoms with E-state index in [9.17, 15) is 9.59 Å². The van der Waals surface area contributed by atoms with Crippen LogP contribution in [0.5, 0.6) is 0 Å². The minimum Gasteiger partial charge on any atom is -0.361 e. The van der Waals surface area contributed by atoms with Crippen molar-refractivity contribution in [2.24, 2.45) is 5.92 Å². The number of aldehydes is 1. The number of ether oxygens (including phenoxy) is 1. The number of hydrogen-bond acceptors (Lipinski definition) is 5. The van der Waals surface area contributed by atoms with Crippen LogP contribution in [0.25, 0.3) is 21.9 Å². The Kier molecular flexibility index (Phi) is 5.88. The summed E-state index contributed by atoms with van der Waals surface area (Å²) in [5, 5.41) is 1.48. The Morgan fingerprint density at radius 3 is 2.63 bits per heavy atom. The van der Waals surface area contributed by atoms with Crippen LogP contribution in [0.4, 0.5) is 0 Å². The maximum absolute atomic E-state index is 12.4. The van der Waals surface area contributed by atoms with E-state index >= 15 is 0 Å². The molecule has 1 fully saturated rings. The Bertz CT molecular complexity index is 1110. The highest BCUT2D eigenvalue weighted by Crippen LogP contribution is 2.34. The zero-order valence-electron chi connectivity index (χ0n) is 18.0. The molecule has 30 heavy (non-hydrogen) atoms. The fraction of sp³-hybridized carbons (Fsp3) is 0.545. The Morgan fingerprint density at radius 1 is 1.17 bits per heavy atom. The van der Waals surface area contributed by atoms with Crippen LogP contribution in [-0.4, -0.2) is 40.1 Å². The zero-order chi connectivity index (χ0) is 21.3. The minimum atomic E-state index is -1.13. The van der Waals surface area contributed by atoms with Gasteiger partial charge in [0.25, 0.3) is 5.56 Å². The molecular weight excluding hydrogens is 396 g/mol. The lowest BCUT2D eigenvalue weighted by Gasteiger charge is -2.28. The van der Waals surface area contributed by atoms with Crippen molar-refractivity contribution in [3.63, 3.8) is 0 Å². The van der Waals surface area contributed by atoms with Gasteiger partial charge >= 0.3 is 0 Å². The van der Waals surface area contributed by atoms with Gasteiger partial charge in [0.15, 0.2) is 0 Å². The van der Waals surface area contributed by atoms with E-state index in [0.29, 0.717) is 12.1 Å². The average molecular weight is 427 g/mol. The Hall–Kier alpha value is -2.32. The van der Waals surface area contributed by atoms with E-state index in [4.69, 9.17) is 4.74 Å². The van der Waals surface area contributed by atoms with Gasteiger partial charge in [-0.2, -0.15) is 4.98 Å². The van der Waals surface area contributed by atoms with E-state index in [1.807, 2.05) is 16.8 Å². The molecule has 0 N–H and O–H groups in total. The van der Waals surface area contributed by atoms with Gasteiger partial charge in [0.1, 0.15) is 18.7 Å². The molecule has 0 amide bonds. The van der Waals surface area contributed by atoms with Crippen LogP contribution >= 0.6 is 0 Å². The molecular formula is C22H30N4O3Si. The van der Waals surface area contributed by atoms with Crippen LogP contribution in [0, 0.1) is 5.92 Å². The van der Waals surface area contributed by atoms with Crippen molar-refractivity contribution in [1.82, 2.24) is 19.1 Å². The van der Waals surface area contributed by atoms with E-state index in [2.05, 4.69) is 34.2 Å². The molecule has 0 radical (unpaired) electrons. The van der Waals surface area contributed by atoms with Crippen molar-refractivity contribution in [2.45, 2.75) is 64.1 Å². The lowest BCUT2D eigenvalue weighted by Crippen LogP contribution is -2.22. The second-order valence-electron chi connectivity index (χ2n) is 9.55. The summed E-state index contributed by atoms with van der Waals surface area (Å²) in [5.41, 5.74) is 1.45. The number of nitrogens with zero attached hydrogens (tertiary/aromatic N) is 4. The van der Waals surface area contributed by atoms with Crippen LogP contribution in [-0.2, 0) is 16.3 Å². The van der Waals surface area contributed by atoms with Crippen molar-refractivity contribution in [1.29, 1.82) is 0 Å². The fourth-order valence-electron chi connectivity index (χ4n) is 4.24. The molecule has 4 rings (SSSR count). The molecule has 0 unspecified atom stereocenters. The van der Waals surface area contributed by atoms with E-state index in [0.717, 1.165) is 61.2 Å². The molecule has 1 aliphatic rings. The highest BCUT2D eigenvalue weighted by Gasteiger charge is 2.24. The molecule has 0 spiro atoms. The van der Waals surface area contributed by atoms with E-state index in [1.54, 1.807) is 12.5 Å². The molecule has 0 atom stereocenters. The average Bonchev–Trinajstić information content (AvgIpc) is 3.14. The predicted octanol–water partition coefficient (Wildman–Crippen LogP) is 3.99. The summed E-state index contributed by atoms with van der Waals surface area (Å²) in [6.07, 6.45) is 9.92. The van der Waals surface area contributed by atoms with Crippen molar-refractivity contribution >= 4 is 36.3 Å². The second-order valence-corrected chi connectivity index (χ2v) is 15.2. The van der Waals surface area contributed by atoms with Gasteiger partial charge in [-0.1, -0.05) is 19.6 Å². The third-order valence-electron chi connectivity index (χ3n) is 6.10. The fourth-order valence-corrected chi connectivity index (χ4v) is 5.00. The molecule has 0 aliphatic heterocycles. The molecule has 7 nitrogen and oxygen atoms in total. The standard InChI is InChI=1S/C22H30N4O3Si/c1-30(2,3)11-10-29-15-25-9-8-18-20-19(12-23-21(18)25)22(28)24-14-26(20)17-6-4-16(13-27)5-7-17/h8-9,12-14,16-17H,4-7,10-11,15H2,1-3H3. The smallest absolute Gasteiger partial charge is 0.282 e. The van der Waals surface area contributed by atoms with Crippen LogP contribution in [0.15, 0.2) is 29.6 Å². The number of rotatable bonds is 7. The maximum Gasteiger partial charge on any atom is 0.282 e. The molecule has 0 aromatic carbocycles. The van der Waals surface area contributed by atoms with Crippen LogP contribution in [0.3, 0.4) is 0 Å². The summed E-state index contributed by atoms with van der Waals surface area (Å²) < 4.78 is 10.0. The summed E-state index contributed by atoms with van der Waals surface area (Å²) >= 11 is 0. The molecule has 1 aliphatic carbocycles. The third-order valence-corrected chi connectivity index (χ3v) is 7.81. The Balaban J connectivity index is 1.67. The van der Waals surface area contributed by atoms with Crippen molar-refractivity contribution in [3.05, 3.63) is 35.1 Å². The first-order valence-electron chi connectivity index (χ1n) is 10.7. The van der Waals surface area contributed by atoms with Gasteiger partial charge in [-0.15, -0.1) is 0 Å². The quantitative estimate of drug-likeness (QED) is 0.324. The SMILES string of the molecule is C[Si](C)(C)CCOCn1ccc2c1ncc1c(=O)ncn(C3CCC(C=O)CC3)c12. The van der Waals surface area contributed by atoms with Gasteiger partial charge in [-0.3, -0.25) is 4.79 Å². The maximum atomic E-state index is 12.4. The predicted molar refractivity (Wildman–Crippen MR) is 120 cm³/mol. The van der Waals surface area contributed by atoms with E-state index < -0.39 is 8.07 Å². The molecule has 1 saturated carbocycles. The summed E-state index contributed by atoms with van der Waals surface area (Å²) in [7, 11) is -1.13. The molecule has 0 saturated heterocycles. The van der Waals surface area contributed by atoms with Gasteiger partial charge in [0, 0.05) is 44.4 Å². The zero-order valence-corrected chi connectivity index (χ0v) is 19.0. The highest BCUT2D eigenvalue weighted by atomic mass is 28.3. The van der Waals surface area contributed by atoms with Crippen LogP contribution in [0.2, 0.25) is 25.7 Å². The van der Waals surface area contributed by atoms with Gasteiger partial charge in [-0.05, 0) is 37.8 Å². The summed E-state index contributed by atoms with van der Waals surface area (Å²) in [6, 6.07) is 3.37. The van der Waals surface area contributed by atoms with Crippen molar-refractivity contribution in [3.8, 4) is 0 Å². The topological polar surface area (TPSA) is 79.0 Å². The van der Waals surface area contributed by atoms with Gasteiger partial charge < -0.3 is 18.7 Å². The largest absolute Gasteiger partial charge is 0.361 e. The lowest BCUT2D eigenvalue weighted by atomic mass is 9.87. The first-order valence-corrected chi connectivity index (χ1v) is 14.5. The molecule has 3 aromatic heterocycles. The molecule has 8 heteroatoms. The first kappa shape index (κ1) is 20.9. The van der Waals surface area contributed by atoms with E-state index in [-0.39, 0.29) is 17.5 Å². The molecule has 3 heterocycles. The molecule has 3 aromatic rings. The Morgan fingerprint density at radius 2 is 1.93 bits per heavy atom. The summed E-state index contributed by atoms with van der Waals surface area (Å²) in [4.78, 5) is 32.2. The first-order chi connectivity index (χ1) is 14.4. The van der Waals surface area contributed by atoms with Gasteiger partial charge in [0.2, 0.25) is 0 Å². The van der Waals surface area contributed by atoms with Gasteiger partial charge in [-0.25, -0.2) is 4.98 Å². The van der Waals surface area contributed by atoms with Crippen LogP contribution < -0.4 is 5.56 Å². The third kappa shape index (κ3) is 4.25. The number of carbonyl (C=O) groups is 1. The highest BCUT2D eigenvalue weighted by molar-refractivity contribution is 6.76. The molecule has 0 bridgehead atoms. The van der Waals surface area contributed by atoms with E-state index in [1.165, 1.54) is 0 Å². The number of fused-ring (bicyclic) bond motifs is 3. The monoisotopic (exact) mass is 426 g/mol.